The molecule has 4 aliphatic rings. The molecule has 0 spiro atoms. The largest absolute Gasteiger partial charge is 0.444 e. The molecule has 66 heavy (non-hydrogen) atoms. The second kappa shape index (κ2) is 21.8. The summed E-state index contributed by atoms with van der Waals surface area (Å²) in [4.78, 5) is 99.3. The van der Waals surface area contributed by atoms with Crippen LogP contribution in [0, 0.1) is 23.7 Å². The quantitative estimate of drug-likeness (QED) is 0.174. The molecule has 2 aromatic carbocycles. The number of fused-ring (bicyclic) bond motifs is 2. The molecular formula is C45H62N8O12S. The number of nitrogens with one attached hydrogen (secondary N) is 3. The highest BCUT2D eigenvalue weighted by Gasteiger charge is 2.34. The van der Waals surface area contributed by atoms with Gasteiger partial charge in [-0.05, 0) is 108 Å². The number of ether oxygens (including phenoxy) is 1. The van der Waals surface area contributed by atoms with Gasteiger partial charge in [-0.25, -0.2) is 14.4 Å². The third kappa shape index (κ3) is 13.5. The Morgan fingerprint density at radius 1 is 0.606 bits per heavy atom. The molecule has 4 fully saturated rings. The molecule has 20 nitrogen and oxygen atoms in total. The van der Waals surface area contributed by atoms with E-state index in [-0.39, 0.29) is 64.1 Å². The summed E-state index contributed by atoms with van der Waals surface area (Å²) in [6.45, 7) is 11.6. The maximum absolute atomic E-state index is 13.1. The number of carbonyl (C=O) groups is 3. The molecule has 21 heteroatoms. The van der Waals surface area contributed by atoms with E-state index >= 15 is 0 Å². The van der Waals surface area contributed by atoms with E-state index in [9.17, 15) is 33.6 Å². The van der Waals surface area contributed by atoms with E-state index in [0.717, 1.165) is 77.5 Å². The number of amides is 3. The summed E-state index contributed by atoms with van der Waals surface area (Å²) in [7, 11) is -4.67. The molecule has 0 unspecified atom stereocenters. The average Bonchev–Trinajstić information content (AvgIpc) is 3.28. The van der Waals surface area contributed by atoms with E-state index in [2.05, 4.69) is 15.3 Å². The number of piperazine rings is 2. The van der Waals surface area contributed by atoms with Crippen LogP contribution in [-0.4, -0.2) is 127 Å². The molecule has 5 N–H and O–H groups in total. The highest BCUT2D eigenvalue weighted by Crippen LogP contribution is 2.32. The topological polar surface area (TPSA) is 267 Å². The molecule has 2 aliphatic carbocycles. The summed E-state index contributed by atoms with van der Waals surface area (Å²) in [6, 6.07) is 14.1. The van der Waals surface area contributed by atoms with Crippen molar-refractivity contribution in [3.63, 3.8) is 0 Å². The lowest BCUT2D eigenvalue weighted by atomic mass is 9.81. The number of aromatic nitrogens is 4. The number of para-hydroxylation sites is 2. The van der Waals surface area contributed by atoms with Crippen LogP contribution in [0.1, 0.15) is 72.1 Å². The number of benzene rings is 2. The Balaban J connectivity index is 0.000000202. The first kappa shape index (κ1) is 49.8. The van der Waals surface area contributed by atoms with Crippen molar-refractivity contribution in [3.8, 4) is 0 Å². The number of aromatic amines is 2. The van der Waals surface area contributed by atoms with Gasteiger partial charge < -0.3 is 34.7 Å². The van der Waals surface area contributed by atoms with Gasteiger partial charge in [0.2, 0.25) is 11.8 Å². The molecule has 4 heterocycles. The minimum Gasteiger partial charge on any atom is -0.444 e. The number of H-pyrrole nitrogens is 2. The number of rotatable bonds is 6. The van der Waals surface area contributed by atoms with Crippen LogP contribution in [0.5, 0.6) is 0 Å². The van der Waals surface area contributed by atoms with Gasteiger partial charge in [0.05, 0.1) is 21.8 Å². The van der Waals surface area contributed by atoms with Crippen molar-refractivity contribution in [1.82, 2.24) is 39.1 Å². The van der Waals surface area contributed by atoms with Crippen LogP contribution in [-0.2, 0) is 37.8 Å². The van der Waals surface area contributed by atoms with E-state index in [0.29, 0.717) is 61.1 Å². The smallest absolute Gasteiger partial charge is 0.410 e. The van der Waals surface area contributed by atoms with Crippen LogP contribution < -0.4 is 27.8 Å². The summed E-state index contributed by atoms with van der Waals surface area (Å²) >= 11 is 0. The molecule has 0 atom stereocenters. The van der Waals surface area contributed by atoms with Gasteiger partial charge in [-0.3, -0.25) is 37.4 Å². The van der Waals surface area contributed by atoms with Crippen LogP contribution in [0.15, 0.2) is 67.7 Å². The van der Waals surface area contributed by atoms with Gasteiger partial charge in [-0.2, -0.15) is 8.42 Å². The number of hydrogen-bond acceptors (Lipinski definition) is 11. The van der Waals surface area contributed by atoms with Crippen molar-refractivity contribution >= 4 is 50.1 Å². The fourth-order valence-electron chi connectivity index (χ4n) is 9.27. The maximum atomic E-state index is 13.1. The zero-order valence-electron chi connectivity index (χ0n) is 37.8. The molecule has 0 bridgehead atoms. The van der Waals surface area contributed by atoms with Gasteiger partial charge >= 0.3 is 27.9 Å². The first-order valence-corrected chi connectivity index (χ1v) is 24.0. The maximum Gasteiger partial charge on any atom is 0.410 e. The molecule has 2 saturated carbocycles. The zero-order chi connectivity index (χ0) is 47.8. The van der Waals surface area contributed by atoms with E-state index in [4.69, 9.17) is 22.3 Å². The predicted molar refractivity (Wildman–Crippen MR) is 247 cm³/mol. The van der Waals surface area contributed by atoms with Gasteiger partial charge in [0.25, 0.3) is 11.1 Å². The number of hydrogen-bond donors (Lipinski definition) is 5. The van der Waals surface area contributed by atoms with Crippen LogP contribution in [0.2, 0.25) is 0 Å². The van der Waals surface area contributed by atoms with Crippen molar-refractivity contribution in [2.24, 2.45) is 23.7 Å². The lowest BCUT2D eigenvalue weighted by molar-refractivity contribution is -0.139. The SMILES string of the molecule is CC(C)(C)OC(=O)N1CCN(C(=O)C2CCC(Cn3c(=O)[nH]c4ccccc4c3=O)CC2)CC1.O=C(C1CCC(Cn2c(=O)[nH]c3ccccc3c2=O)CC1)N1CCNCC1.O=S(=O)(O)O. The summed E-state index contributed by atoms with van der Waals surface area (Å²) in [5.74, 6) is 0.908. The predicted octanol–water partition coefficient (Wildman–Crippen LogP) is 2.85. The van der Waals surface area contributed by atoms with Crippen molar-refractivity contribution in [3.05, 3.63) is 90.2 Å². The van der Waals surface area contributed by atoms with Gasteiger partial charge in [0.1, 0.15) is 5.60 Å². The van der Waals surface area contributed by atoms with E-state index in [1.54, 1.807) is 53.4 Å². The Morgan fingerprint density at radius 2 is 0.970 bits per heavy atom. The lowest BCUT2D eigenvalue weighted by Crippen LogP contribution is -2.53. The van der Waals surface area contributed by atoms with Crippen LogP contribution in [0.3, 0.4) is 0 Å². The normalized spacial score (nSPS) is 21.6. The second-order valence-electron chi connectivity index (χ2n) is 18.5. The average molecular weight is 939 g/mol. The summed E-state index contributed by atoms with van der Waals surface area (Å²) < 4.78 is 39.6. The Morgan fingerprint density at radius 3 is 1.36 bits per heavy atom. The van der Waals surface area contributed by atoms with Crippen molar-refractivity contribution < 1.29 is 36.6 Å². The fourth-order valence-corrected chi connectivity index (χ4v) is 9.27. The Bertz CT molecular complexity index is 2690. The van der Waals surface area contributed by atoms with Crippen molar-refractivity contribution in [2.45, 2.75) is 90.8 Å². The molecule has 3 amide bonds. The van der Waals surface area contributed by atoms with Crippen molar-refractivity contribution in [1.29, 1.82) is 0 Å². The molecule has 4 aromatic rings. The second-order valence-corrected chi connectivity index (χ2v) is 19.4. The number of nitrogens with zero attached hydrogens (tertiary/aromatic N) is 5. The first-order valence-electron chi connectivity index (χ1n) is 22.7. The van der Waals surface area contributed by atoms with Crippen LogP contribution in [0.4, 0.5) is 4.79 Å². The van der Waals surface area contributed by atoms with E-state index in [1.807, 2.05) is 30.6 Å². The van der Waals surface area contributed by atoms with Gasteiger partial charge in [0.15, 0.2) is 0 Å². The Hall–Kier alpha value is -5.64. The Labute approximate surface area is 381 Å². The molecule has 360 valence electrons. The fraction of sp³-hybridized carbons (Fsp3) is 0.578. The summed E-state index contributed by atoms with van der Waals surface area (Å²) in [6.07, 6.45) is 6.19. The zero-order valence-corrected chi connectivity index (χ0v) is 38.6. The third-order valence-electron chi connectivity index (χ3n) is 12.7. The number of carbonyl (C=O) groups excluding carboxylic acids is 3. The van der Waals surface area contributed by atoms with Crippen LogP contribution in [0.25, 0.3) is 21.8 Å². The highest BCUT2D eigenvalue weighted by atomic mass is 32.3. The minimum atomic E-state index is -4.67. The van der Waals surface area contributed by atoms with Crippen LogP contribution >= 0.6 is 0 Å². The van der Waals surface area contributed by atoms with Crippen molar-refractivity contribution in [2.75, 3.05) is 52.4 Å². The van der Waals surface area contributed by atoms with Gasteiger partial charge in [-0.1, -0.05) is 24.3 Å². The van der Waals surface area contributed by atoms with Gasteiger partial charge in [0, 0.05) is 77.3 Å². The van der Waals surface area contributed by atoms with E-state index in [1.165, 1.54) is 9.13 Å². The third-order valence-corrected chi connectivity index (χ3v) is 12.7. The highest BCUT2D eigenvalue weighted by molar-refractivity contribution is 7.79. The Kier molecular flexibility index (Phi) is 16.4. The first-order chi connectivity index (χ1) is 31.3. The van der Waals surface area contributed by atoms with Gasteiger partial charge in [-0.15, -0.1) is 0 Å². The molecule has 2 saturated heterocycles. The molecule has 2 aromatic heterocycles. The van der Waals surface area contributed by atoms with E-state index < -0.39 is 16.0 Å². The molecule has 2 aliphatic heterocycles. The standard InChI is InChI=1S/C25H34N4O5.C20H26N4O3.H2O4S/c1-25(2,3)34-24(33)28-14-12-27(13-15-28)21(30)18-10-8-17(9-11-18)16-29-22(31)19-6-4-5-7-20(19)26-23(29)32;25-18(23-11-9-21-10-12-23)15-7-5-14(6-8-15)13-24-19(26)16-3-1-2-4-17(16)22-20(24)27;1-5(2,3)4/h4-7,17-18H,8-16H2,1-3H3,(H,26,32);1-4,14-15,21H,5-13H2,(H,22,27);(H2,1,2,3,4). The summed E-state index contributed by atoms with van der Waals surface area (Å²) in [5.41, 5.74) is -0.633. The molecular weight excluding hydrogens is 877 g/mol. The molecule has 0 radical (unpaired) electrons. The lowest BCUT2D eigenvalue weighted by Gasteiger charge is -2.38. The summed E-state index contributed by atoms with van der Waals surface area (Å²) in [5, 5.41) is 4.32. The molecule has 8 rings (SSSR count). The monoisotopic (exact) mass is 938 g/mol. The minimum absolute atomic E-state index is 0.0454.